The second-order valence-electron chi connectivity index (χ2n) is 8.17. The molecule has 2 aliphatic rings. The van der Waals surface area contributed by atoms with E-state index in [9.17, 15) is 13.2 Å². The molecule has 0 spiro atoms. The molecular formula is C21H27N3O3S2. The fraction of sp³-hybridized carbons (Fsp3) is 0.571. The van der Waals surface area contributed by atoms with Gasteiger partial charge in [-0.3, -0.25) is 4.79 Å². The summed E-state index contributed by atoms with van der Waals surface area (Å²) in [6.07, 6.45) is 7.03. The van der Waals surface area contributed by atoms with Crippen LogP contribution in [-0.2, 0) is 16.9 Å². The Kier molecular flexibility index (Phi) is 6.11. The minimum Gasteiger partial charge on any atom is -0.309 e. The summed E-state index contributed by atoms with van der Waals surface area (Å²) in [5, 5.41) is 9.02. The minimum atomic E-state index is -2.97. The van der Waals surface area contributed by atoms with E-state index in [4.69, 9.17) is 0 Å². The molecule has 1 saturated heterocycles. The van der Waals surface area contributed by atoms with Crippen LogP contribution in [0, 0.1) is 0 Å². The quantitative estimate of drug-likeness (QED) is 0.510. The van der Waals surface area contributed by atoms with Crippen LogP contribution in [0.25, 0.3) is 0 Å². The van der Waals surface area contributed by atoms with Gasteiger partial charge in [-0.15, -0.1) is 10.2 Å². The average molecular weight is 434 g/mol. The lowest BCUT2D eigenvalue weighted by Gasteiger charge is -2.22. The maximum Gasteiger partial charge on any atom is 0.191 e. The fourth-order valence-corrected chi connectivity index (χ4v) is 6.95. The normalized spacial score (nSPS) is 22.0. The van der Waals surface area contributed by atoms with Crippen LogP contribution >= 0.6 is 11.8 Å². The van der Waals surface area contributed by atoms with Crippen molar-refractivity contribution in [3.05, 3.63) is 41.2 Å². The summed E-state index contributed by atoms with van der Waals surface area (Å²) in [7, 11) is -1.13. The van der Waals surface area contributed by atoms with Crippen LogP contribution in [0.1, 0.15) is 72.1 Å². The number of hydrogen-bond acceptors (Lipinski definition) is 6. The highest BCUT2D eigenvalue weighted by atomic mass is 32.2. The highest BCUT2D eigenvalue weighted by Gasteiger charge is 2.32. The topological polar surface area (TPSA) is 81.9 Å². The maximum absolute atomic E-state index is 12.6. The van der Waals surface area contributed by atoms with Gasteiger partial charge >= 0.3 is 0 Å². The number of nitrogens with zero attached hydrogens (tertiary/aromatic N) is 3. The third kappa shape index (κ3) is 4.74. The number of thioether (sulfide) groups is 1. The van der Waals surface area contributed by atoms with Gasteiger partial charge in [0.1, 0.15) is 5.82 Å². The van der Waals surface area contributed by atoms with Gasteiger partial charge in [-0.05, 0) is 30.7 Å². The molecule has 8 heteroatoms. The Morgan fingerprint density at radius 1 is 1.07 bits per heavy atom. The van der Waals surface area contributed by atoms with Crippen molar-refractivity contribution in [1.82, 2.24) is 14.8 Å². The third-order valence-electron chi connectivity index (χ3n) is 6.11. The van der Waals surface area contributed by atoms with Gasteiger partial charge in [-0.1, -0.05) is 55.3 Å². The maximum atomic E-state index is 12.6. The highest BCUT2D eigenvalue weighted by Crippen LogP contribution is 2.33. The summed E-state index contributed by atoms with van der Waals surface area (Å²) in [5.74, 6) is 1.93. The summed E-state index contributed by atoms with van der Waals surface area (Å²) in [4.78, 5) is 12.6. The minimum absolute atomic E-state index is 0.0678. The predicted molar refractivity (Wildman–Crippen MR) is 114 cm³/mol. The van der Waals surface area contributed by atoms with Crippen molar-refractivity contribution < 1.29 is 13.2 Å². The van der Waals surface area contributed by atoms with E-state index in [0.29, 0.717) is 23.3 Å². The first kappa shape index (κ1) is 20.6. The SMILES string of the molecule is Cn1c(SCC(=O)c2ccc(C3CCCCC3)cc2)nnc1C1CCS(=O)(=O)C1. The molecule has 1 aliphatic carbocycles. The van der Waals surface area contributed by atoms with E-state index in [-0.39, 0.29) is 29.0 Å². The summed E-state index contributed by atoms with van der Waals surface area (Å²) in [6.45, 7) is 0. The Morgan fingerprint density at radius 3 is 2.45 bits per heavy atom. The molecule has 1 aliphatic heterocycles. The largest absolute Gasteiger partial charge is 0.309 e. The zero-order valence-corrected chi connectivity index (χ0v) is 18.3. The second-order valence-corrected chi connectivity index (χ2v) is 11.3. The van der Waals surface area contributed by atoms with Gasteiger partial charge in [0.25, 0.3) is 0 Å². The molecule has 1 saturated carbocycles. The number of rotatable bonds is 6. The van der Waals surface area contributed by atoms with Gasteiger partial charge in [-0.2, -0.15) is 0 Å². The van der Waals surface area contributed by atoms with Crippen LogP contribution in [0.5, 0.6) is 0 Å². The molecule has 1 aromatic heterocycles. The van der Waals surface area contributed by atoms with Gasteiger partial charge in [0, 0.05) is 18.5 Å². The lowest BCUT2D eigenvalue weighted by Crippen LogP contribution is -2.09. The zero-order valence-electron chi connectivity index (χ0n) is 16.7. The van der Waals surface area contributed by atoms with Crippen molar-refractivity contribution in [3.63, 3.8) is 0 Å². The lowest BCUT2D eigenvalue weighted by molar-refractivity contribution is 0.102. The number of hydrogen-bond donors (Lipinski definition) is 0. The highest BCUT2D eigenvalue weighted by molar-refractivity contribution is 7.99. The Morgan fingerprint density at radius 2 is 1.79 bits per heavy atom. The first-order valence-corrected chi connectivity index (χ1v) is 13.1. The molecule has 0 bridgehead atoms. The summed E-state index contributed by atoms with van der Waals surface area (Å²) in [6, 6.07) is 8.10. The first-order chi connectivity index (χ1) is 13.9. The summed E-state index contributed by atoms with van der Waals surface area (Å²) < 4.78 is 25.3. The number of carbonyl (C=O) groups is 1. The van der Waals surface area contributed by atoms with Crippen LogP contribution < -0.4 is 0 Å². The Hall–Kier alpha value is -1.67. The third-order valence-corrected chi connectivity index (χ3v) is 8.90. The second kappa shape index (κ2) is 8.60. The molecule has 2 fully saturated rings. The molecule has 29 heavy (non-hydrogen) atoms. The van der Waals surface area contributed by atoms with Crippen molar-refractivity contribution in [2.45, 2.75) is 55.5 Å². The molecule has 4 rings (SSSR count). The number of carbonyl (C=O) groups excluding carboxylic acids is 1. The van der Waals surface area contributed by atoms with E-state index >= 15 is 0 Å². The number of Topliss-reactive ketones (excluding diaryl/α,β-unsaturated/α-hetero) is 1. The zero-order chi connectivity index (χ0) is 20.4. The molecule has 2 aromatic rings. The Bertz CT molecular complexity index is 977. The first-order valence-electron chi connectivity index (χ1n) is 10.3. The summed E-state index contributed by atoms with van der Waals surface area (Å²) >= 11 is 1.35. The van der Waals surface area contributed by atoms with Gasteiger partial charge < -0.3 is 4.57 Å². The van der Waals surface area contributed by atoms with Gasteiger partial charge in [0.2, 0.25) is 0 Å². The molecule has 0 amide bonds. The van der Waals surface area contributed by atoms with Gasteiger partial charge in [-0.25, -0.2) is 8.42 Å². The number of aromatic nitrogens is 3. The predicted octanol–water partition coefficient (Wildman–Crippen LogP) is 3.74. The number of benzene rings is 1. The van der Waals surface area contributed by atoms with Crippen LogP contribution in [0.3, 0.4) is 0 Å². The Labute approximate surface area is 176 Å². The van der Waals surface area contributed by atoms with E-state index in [2.05, 4.69) is 22.3 Å². The molecular weight excluding hydrogens is 406 g/mol. The van der Waals surface area contributed by atoms with Gasteiger partial charge in [0.05, 0.1) is 17.3 Å². The van der Waals surface area contributed by atoms with E-state index in [1.807, 2.05) is 23.7 Å². The van der Waals surface area contributed by atoms with E-state index in [1.165, 1.54) is 49.4 Å². The molecule has 2 heterocycles. The average Bonchev–Trinajstić information content (AvgIpc) is 3.28. The van der Waals surface area contributed by atoms with Crippen molar-refractivity contribution in [3.8, 4) is 0 Å². The van der Waals surface area contributed by atoms with E-state index in [0.717, 1.165) is 5.56 Å². The standard InChI is InChI=1S/C21H27N3O3S2/c1-24-20(18-11-12-29(26,27)14-18)22-23-21(24)28-13-19(25)17-9-7-16(8-10-17)15-5-3-2-4-6-15/h7-10,15,18H,2-6,11-14H2,1H3. The molecule has 156 valence electrons. The smallest absolute Gasteiger partial charge is 0.191 e. The van der Waals surface area contributed by atoms with Crippen molar-refractivity contribution in [1.29, 1.82) is 0 Å². The van der Waals surface area contributed by atoms with Crippen LogP contribution in [0.4, 0.5) is 0 Å². The number of ketones is 1. The molecule has 0 N–H and O–H groups in total. The van der Waals surface area contributed by atoms with Crippen molar-refractivity contribution >= 4 is 27.4 Å². The molecule has 1 aromatic carbocycles. The molecule has 6 nitrogen and oxygen atoms in total. The van der Waals surface area contributed by atoms with Crippen LogP contribution in [0.2, 0.25) is 0 Å². The number of sulfone groups is 1. The van der Waals surface area contributed by atoms with Crippen LogP contribution in [0.15, 0.2) is 29.4 Å². The van der Waals surface area contributed by atoms with Crippen LogP contribution in [-0.4, -0.2) is 46.2 Å². The lowest BCUT2D eigenvalue weighted by atomic mass is 9.84. The van der Waals surface area contributed by atoms with E-state index in [1.54, 1.807) is 0 Å². The monoisotopic (exact) mass is 433 g/mol. The van der Waals surface area contributed by atoms with E-state index < -0.39 is 9.84 Å². The Balaban J connectivity index is 1.36. The molecule has 0 radical (unpaired) electrons. The van der Waals surface area contributed by atoms with Gasteiger partial charge in [0.15, 0.2) is 20.8 Å². The van der Waals surface area contributed by atoms with Crippen molar-refractivity contribution in [2.24, 2.45) is 7.05 Å². The fourth-order valence-electron chi connectivity index (χ4n) is 4.40. The molecule has 1 unspecified atom stereocenters. The van der Waals surface area contributed by atoms with Crippen molar-refractivity contribution in [2.75, 3.05) is 17.3 Å². The summed E-state index contributed by atoms with van der Waals surface area (Å²) in [5.41, 5.74) is 2.07. The molecule has 1 atom stereocenters.